The van der Waals surface area contributed by atoms with Gasteiger partial charge < -0.3 is 0 Å². The zero-order chi connectivity index (χ0) is 13.1. The molecule has 0 radical (unpaired) electrons. The molecule has 0 spiro atoms. The second kappa shape index (κ2) is 5.48. The van der Waals surface area contributed by atoms with Gasteiger partial charge in [0.25, 0.3) is 5.69 Å². The summed E-state index contributed by atoms with van der Waals surface area (Å²) in [6.07, 6.45) is 4.82. The van der Waals surface area contributed by atoms with Gasteiger partial charge in [0, 0.05) is 17.0 Å². The molecule has 1 aromatic carbocycles. The van der Waals surface area contributed by atoms with Crippen molar-refractivity contribution in [1.82, 2.24) is 0 Å². The van der Waals surface area contributed by atoms with E-state index in [4.69, 9.17) is 11.6 Å². The van der Waals surface area contributed by atoms with Crippen molar-refractivity contribution in [2.45, 2.75) is 32.1 Å². The molecule has 0 aliphatic heterocycles. The number of nitro benzene ring substituents is 1. The van der Waals surface area contributed by atoms with Crippen molar-refractivity contribution in [3.8, 4) is 0 Å². The molecule has 0 unspecified atom stereocenters. The van der Waals surface area contributed by atoms with Crippen LogP contribution in [0.4, 0.5) is 5.69 Å². The number of benzene rings is 1. The number of rotatable bonds is 3. The van der Waals surface area contributed by atoms with Crippen LogP contribution in [0.2, 0.25) is 5.02 Å². The monoisotopic (exact) mass is 267 g/mol. The van der Waals surface area contributed by atoms with E-state index >= 15 is 0 Å². The molecule has 1 aromatic rings. The zero-order valence-electron chi connectivity index (χ0n) is 9.89. The molecule has 1 aliphatic carbocycles. The highest BCUT2D eigenvalue weighted by atomic mass is 35.5. The molecule has 4 nitrogen and oxygen atoms in total. The summed E-state index contributed by atoms with van der Waals surface area (Å²) in [6.45, 7) is 0. The SMILES string of the molecule is O=C(c1cc(Cl)ccc1[N+](=O)[O-])C1CCCCC1. The highest BCUT2D eigenvalue weighted by Gasteiger charge is 2.28. The zero-order valence-corrected chi connectivity index (χ0v) is 10.7. The van der Waals surface area contributed by atoms with Crippen LogP contribution in [-0.4, -0.2) is 10.7 Å². The van der Waals surface area contributed by atoms with Crippen LogP contribution in [0.25, 0.3) is 0 Å². The number of ketones is 1. The number of hydrogen-bond donors (Lipinski definition) is 0. The van der Waals surface area contributed by atoms with Crippen molar-refractivity contribution < 1.29 is 9.72 Å². The predicted molar refractivity (Wildman–Crippen MR) is 69.0 cm³/mol. The van der Waals surface area contributed by atoms with E-state index in [-0.39, 0.29) is 23.0 Å². The molecule has 5 heteroatoms. The highest BCUT2D eigenvalue weighted by molar-refractivity contribution is 6.31. The first-order valence-electron chi connectivity index (χ1n) is 6.08. The molecule has 0 bridgehead atoms. The Kier molecular flexibility index (Phi) is 3.97. The van der Waals surface area contributed by atoms with E-state index in [1.165, 1.54) is 18.2 Å². The largest absolute Gasteiger partial charge is 0.294 e. The lowest BCUT2D eigenvalue weighted by atomic mass is 9.83. The molecular formula is C13H14ClNO3. The van der Waals surface area contributed by atoms with Crippen LogP contribution < -0.4 is 0 Å². The molecule has 2 rings (SSSR count). The van der Waals surface area contributed by atoms with Gasteiger partial charge in [0.2, 0.25) is 0 Å². The van der Waals surface area contributed by atoms with Crippen molar-refractivity contribution >= 4 is 23.1 Å². The van der Waals surface area contributed by atoms with Crippen molar-refractivity contribution in [3.63, 3.8) is 0 Å². The summed E-state index contributed by atoms with van der Waals surface area (Å²) >= 11 is 5.83. The third-order valence-corrected chi connectivity index (χ3v) is 3.63. The van der Waals surface area contributed by atoms with Crippen LogP contribution in [0, 0.1) is 16.0 Å². The van der Waals surface area contributed by atoms with Crippen LogP contribution in [-0.2, 0) is 0 Å². The molecule has 0 amide bonds. The minimum atomic E-state index is -0.521. The van der Waals surface area contributed by atoms with Crippen molar-refractivity contribution in [2.24, 2.45) is 5.92 Å². The number of carbonyl (C=O) groups is 1. The van der Waals surface area contributed by atoms with Gasteiger partial charge >= 0.3 is 0 Å². The second-order valence-electron chi connectivity index (χ2n) is 4.62. The Bertz CT molecular complexity index is 481. The number of nitrogens with zero attached hydrogens (tertiary/aromatic N) is 1. The standard InChI is InChI=1S/C13H14ClNO3/c14-10-6-7-12(15(17)18)11(8-10)13(16)9-4-2-1-3-5-9/h6-9H,1-5H2. The fourth-order valence-corrected chi connectivity index (χ4v) is 2.62. The van der Waals surface area contributed by atoms with Crippen molar-refractivity contribution in [1.29, 1.82) is 0 Å². The van der Waals surface area contributed by atoms with Gasteiger partial charge in [-0.3, -0.25) is 14.9 Å². The Morgan fingerprint density at radius 2 is 1.94 bits per heavy atom. The molecule has 1 fully saturated rings. The Morgan fingerprint density at radius 1 is 1.28 bits per heavy atom. The Labute approximate surface area is 110 Å². The maximum atomic E-state index is 12.3. The first-order valence-corrected chi connectivity index (χ1v) is 6.45. The molecule has 0 N–H and O–H groups in total. The Morgan fingerprint density at radius 3 is 2.56 bits per heavy atom. The molecule has 0 aromatic heterocycles. The third kappa shape index (κ3) is 2.70. The topological polar surface area (TPSA) is 60.2 Å². The minimum Gasteiger partial charge on any atom is -0.294 e. The summed E-state index contributed by atoms with van der Waals surface area (Å²) in [5, 5.41) is 11.3. The number of halogens is 1. The van der Waals surface area contributed by atoms with Crippen LogP contribution in [0.3, 0.4) is 0 Å². The molecule has 18 heavy (non-hydrogen) atoms. The van der Waals surface area contributed by atoms with Gasteiger partial charge in [0.05, 0.1) is 10.5 Å². The van der Waals surface area contributed by atoms with Gasteiger partial charge in [0.15, 0.2) is 5.78 Å². The molecule has 96 valence electrons. The predicted octanol–water partition coefficient (Wildman–Crippen LogP) is 4.01. The summed E-state index contributed by atoms with van der Waals surface area (Å²) in [7, 11) is 0. The van der Waals surface area contributed by atoms with E-state index < -0.39 is 4.92 Å². The molecule has 1 aliphatic rings. The third-order valence-electron chi connectivity index (χ3n) is 3.40. The molecule has 0 heterocycles. The molecular weight excluding hydrogens is 254 g/mol. The maximum absolute atomic E-state index is 12.3. The van der Waals surface area contributed by atoms with E-state index in [1.54, 1.807) is 0 Å². The Hall–Kier alpha value is -1.42. The minimum absolute atomic E-state index is 0.0871. The quantitative estimate of drug-likeness (QED) is 0.472. The number of Topliss-reactive ketones (excluding diaryl/α,β-unsaturated/α-hetero) is 1. The lowest BCUT2D eigenvalue weighted by Gasteiger charge is -2.20. The smallest absolute Gasteiger partial charge is 0.280 e. The molecule has 0 saturated heterocycles. The van der Waals surface area contributed by atoms with E-state index in [0.717, 1.165) is 32.1 Å². The first-order chi connectivity index (χ1) is 8.59. The fraction of sp³-hybridized carbons (Fsp3) is 0.462. The number of hydrogen-bond acceptors (Lipinski definition) is 3. The lowest BCUT2D eigenvalue weighted by Crippen LogP contribution is -2.19. The van der Waals surface area contributed by atoms with Crippen LogP contribution in [0.5, 0.6) is 0 Å². The van der Waals surface area contributed by atoms with Gasteiger partial charge in [-0.25, -0.2) is 0 Å². The van der Waals surface area contributed by atoms with E-state index in [9.17, 15) is 14.9 Å². The van der Waals surface area contributed by atoms with Crippen molar-refractivity contribution in [2.75, 3.05) is 0 Å². The van der Waals surface area contributed by atoms with Crippen LogP contribution in [0.1, 0.15) is 42.5 Å². The average Bonchev–Trinajstić information content (AvgIpc) is 2.38. The maximum Gasteiger partial charge on any atom is 0.280 e. The summed E-state index contributed by atoms with van der Waals surface area (Å²) in [4.78, 5) is 22.7. The number of carbonyl (C=O) groups excluding carboxylic acids is 1. The van der Waals surface area contributed by atoms with Gasteiger partial charge in [-0.2, -0.15) is 0 Å². The average molecular weight is 268 g/mol. The van der Waals surface area contributed by atoms with Gasteiger partial charge in [-0.05, 0) is 25.0 Å². The summed E-state index contributed by atoms with van der Waals surface area (Å²) in [5.41, 5.74) is 0.00868. The Balaban J connectivity index is 2.33. The summed E-state index contributed by atoms with van der Waals surface area (Å²) in [5.74, 6) is -0.222. The number of nitro groups is 1. The molecule has 1 saturated carbocycles. The summed E-state index contributed by atoms with van der Waals surface area (Å²) < 4.78 is 0. The molecule has 0 atom stereocenters. The summed E-state index contributed by atoms with van der Waals surface area (Å²) in [6, 6.07) is 4.16. The van der Waals surface area contributed by atoms with E-state index in [2.05, 4.69) is 0 Å². The van der Waals surface area contributed by atoms with Gasteiger partial charge in [-0.15, -0.1) is 0 Å². The fourth-order valence-electron chi connectivity index (χ4n) is 2.45. The van der Waals surface area contributed by atoms with Gasteiger partial charge in [0.1, 0.15) is 0 Å². The first kappa shape index (κ1) is 13.0. The van der Waals surface area contributed by atoms with Crippen molar-refractivity contribution in [3.05, 3.63) is 38.9 Å². The van der Waals surface area contributed by atoms with Crippen LogP contribution >= 0.6 is 11.6 Å². The highest BCUT2D eigenvalue weighted by Crippen LogP contribution is 2.31. The lowest BCUT2D eigenvalue weighted by molar-refractivity contribution is -0.385. The van der Waals surface area contributed by atoms with Crippen LogP contribution in [0.15, 0.2) is 18.2 Å². The van der Waals surface area contributed by atoms with E-state index in [1.807, 2.05) is 0 Å². The normalized spacial score (nSPS) is 16.5. The van der Waals surface area contributed by atoms with Gasteiger partial charge in [-0.1, -0.05) is 30.9 Å². The van der Waals surface area contributed by atoms with E-state index in [0.29, 0.717) is 5.02 Å². The second-order valence-corrected chi connectivity index (χ2v) is 5.05.